The molecule has 0 radical (unpaired) electrons. The molecule has 0 heterocycles. The summed E-state index contributed by atoms with van der Waals surface area (Å²) >= 11 is 0. The van der Waals surface area contributed by atoms with Crippen molar-refractivity contribution >= 4 is 0 Å². The molecule has 118 valence electrons. The number of ether oxygens (including phenoxy) is 1. The van der Waals surface area contributed by atoms with E-state index in [2.05, 4.69) is 58.0 Å². The minimum absolute atomic E-state index is 0.579. The van der Waals surface area contributed by atoms with Crippen LogP contribution < -0.4 is 10.5 Å². The average Bonchev–Trinajstić information content (AvgIpc) is 2.48. The molecule has 2 aromatic rings. The second kappa shape index (κ2) is 7.46. The molecule has 2 aromatic carbocycles. The Balaban J connectivity index is 2.40. The molecule has 2 heteroatoms. The van der Waals surface area contributed by atoms with Crippen LogP contribution in [-0.4, -0.2) is 6.61 Å². The first-order valence-electron chi connectivity index (χ1n) is 8.11. The van der Waals surface area contributed by atoms with Gasteiger partial charge in [-0.3, -0.25) is 0 Å². The Kier molecular flexibility index (Phi) is 5.62. The molecule has 0 aliphatic rings. The molecule has 0 amide bonds. The molecule has 0 saturated carbocycles. The molecule has 2 N–H and O–H groups in total. The molecule has 0 fully saturated rings. The molecule has 2 rings (SSSR count). The average molecular weight is 297 g/mol. The first-order chi connectivity index (χ1) is 10.6. The van der Waals surface area contributed by atoms with Crippen LogP contribution >= 0.6 is 0 Å². The number of benzene rings is 2. The number of rotatable bonds is 6. The van der Waals surface area contributed by atoms with Gasteiger partial charge in [0.15, 0.2) is 0 Å². The van der Waals surface area contributed by atoms with Crippen molar-refractivity contribution in [2.24, 2.45) is 5.73 Å². The zero-order valence-corrected chi connectivity index (χ0v) is 14.2. The monoisotopic (exact) mass is 297 g/mol. The normalized spacial score (nSPS) is 10.8. The Morgan fingerprint density at radius 2 is 1.73 bits per heavy atom. The fourth-order valence-electron chi connectivity index (χ4n) is 2.94. The Bertz CT molecular complexity index is 623. The zero-order valence-electron chi connectivity index (χ0n) is 14.2. The number of hydrogen-bond donors (Lipinski definition) is 1. The van der Waals surface area contributed by atoms with E-state index in [1.807, 2.05) is 0 Å². The maximum atomic E-state index is 5.85. The summed E-state index contributed by atoms with van der Waals surface area (Å²) in [5, 5.41) is 0. The van der Waals surface area contributed by atoms with Gasteiger partial charge >= 0.3 is 0 Å². The maximum Gasteiger partial charge on any atom is 0.119 e. The summed E-state index contributed by atoms with van der Waals surface area (Å²) < 4.78 is 5.85. The van der Waals surface area contributed by atoms with Gasteiger partial charge in [0.25, 0.3) is 0 Å². The topological polar surface area (TPSA) is 35.2 Å². The van der Waals surface area contributed by atoms with Gasteiger partial charge < -0.3 is 10.5 Å². The van der Waals surface area contributed by atoms with Crippen LogP contribution in [-0.2, 0) is 6.54 Å². The van der Waals surface area contributed by atoms with Gasteiger partial charge in [-0.15, -0.1) is 0 Å². The van der Waals surface area contributed by atoms with Gasteiger partial charge in [-0.25, -0.2) is 0 Å². The SMILES string of the molecule is CCCCOc1cc(C)c(-c2cccc(CN)c2C)c(C)c1. The smallest absolute Gasteiger partial charge is 0.119 e. The van der Waals surface area contributed by atoms with Gasteiger partial charge in [0.2, 0.25) is 0 Å². The first kappa shape index (κ1) is 16.6. The standard InChI is InChI=1S/C20H27NO/c1-5-6-10-22-18-11-14(2)20(15(3)12-18)19-9-7-8-17(13-21)16(19)4/h7-9,11-12H,5-6,10,13,21H2,1-4H3. The second-order valence-electron chi connectivity index (χ2n) is 5.93. The molecule has 0 saturated heterocycles. The summed E-state index contributed by atoms with van der Waals surface area (Å²) in [7, 11) is 0. The van der Waals surface area contributed by atoms with Crippen LogP contribution in [0.5, 0.6) is 5.75 Å². The van der Waals surface area contributed by atoms with Crippen molar-refractivity contribution in [3.63, 3.8) is 0 Å². The summed E-state index contributed by atoms with van der Waals surface area (Å²) in [6.07, 6.45) is 2.25. The number of nitrogens with two attached hydrogens (primary N) is 1. The first-order valence-corrected chi connectivity index (χ1v) is 8.11. The van der Waals surface area contributed by atoms with Crippen molar-refractivity contribution in [2.75, 3.05) is 6.61 Å². The Morgan fingerprint density at radius 1 is 1.05 bits per heavy atom. The number of aryl methyl sites for hydroxylation is 2. The van der Waals surface area contributed by atoms with Crippen LogP contribution in [0.3, 0.4) is 0 Å². The van der Waals surface area contributed by atoms with Gasteiger partial charge in [-0.2, -0.15) is 0 Å². The molecular formula is C20H27NO. The van der Waals surface area contributed by atoms with Crippen LogP contribution in [0.1, 0.15) is 42.0 Å². The van der Waals surface area contributed by atoms with Crippen molar-refractivity contribution in [3.05, 3.63) is 52.6 Å². The van der Waals surface area contributed by atoms with E-state index in [1.54, 1.807) is 0 Å². The van der Waals surface area contributed by atoms with Crippen LogP contribution in [0.2, 0.25) is 0 Å². The van der Waals surface area contributed by atoms with Gasteiger partial charge in [0, 0.05) is 6.54 Å². The third kappa shape index (κ3) is 3.50. The molecular weight excluding hydrogens is 270 g/mol. The highest BCUT2D eigenvalue weighted by atomic mass is 16.5. The van der Waals surface area contributed by atoms with Crippen LogP contribution in [0.4, 0.5) is 0 Å². The molecule has 22 heavy (non-hydrogen) atoms. The van der Waals surface area contributed by atoms with Crippen molar-refractivity contribution < 1.29 is 4.74 Å². The Hall–Kier alpha value is -1.80. The summed E-state index contributed by atoms with van der Waals surface area (Å²) in [5.41, 5.74) is 13.4. The highest BCUT2D eigenvalue weighted by Crippen LogP contribution is 2.34. The summed E-state index contributed by atoms with van der Waals surface area (Å²) in [6, 6.07) is 10.7. The maximum absolute atomic E-state index is 5.85. The van der Waals surface area contributed by atoms with Gasteiger partial charge in [-0.1, -0.05) is 31.5 Å². The van der Waals surface area contributed by atoms with E-state index in [-0.39, 0.29) is 0 Å². The molecule has 0 bridgehead atoms. The van der Waals surface area contributed by atoms with Crippen LogP contribution in [0, 0.1) is 20.8 Å². The highest BCUT2D eigenvalue weighted by molar-refractivity contribution is 5.75. The molecule has 0 aromatic heterocycles. The summed E-state index contributed by atoms with van der Waals surface area (Å²) in [4.78, 5) is 0. The quantitative estimate of drug-likeness (QED) is 0.768. The fourth-order valence-corrected chi connectivity index (χ4v) is 2.94. The van der Waals surface area contributed by atoms with Crippen LogP contribution in [0.15, 0.2) is 30.3 Å². The fraction of sp³-hybridized carbons (Fsp3) is 0.400. The van der Waals surface area contributed by atoms with E-state index >= 15 is 0 Å². The predicted octanol–water partition coefficient (Wildman–Crippen LogP) is 4.92. The van der Waals surface area contributed by atoms with E-state index in [9.17, 15) is 0 Å². The predicted molar refractivity (Wildman–Crippen MR) is 94.4 cm³/mol. The molecule has 0 spiro atoms. The Labute approximate surface area is 134 Å². The third-order valence-corrected chi connectivity index (χ3v) is 4.21. The summed E-state index contributed by atoms with van der Waals surface area (Å²) in [5.74, 6) is 0.972. The van der Waals surface area contributed by atoms with Gasteiger partial charge in [0.05, 0.1) is 6.61 Å². The van der Waals surface area contributed by atoms with E-state index in [4.69, 9.17) is 10.5 Å². The minimum Gasteiger partial charge on any atom is -0.494 e. The molecule has 2 nitrogen and oxygen atoms in total. The highest BCUT2D eigenvalue weighted by Gasteiger charge is 2.12. The van der Waals surface area contributed by atoms with Crippen molar-refractivity contribution in [1.82, 2.24) is 0 Å². The zero-order chi connectivity index (χ0) is 16.1. The minimum atomic E-state index is 0.579. The van der Waals surface area contributed by atoms with Crippen LogP contribution in [0.25, 0.3) is 11.1 Å². The molecule has 0 aliphatic heterocycles. The van der Waals surface area contributed by atoms with Gasteiger partial charge in [-0.05, 0) is 72.7 Å². The van der Waals surface area contributed by atoms with Crippen molar-refractivity contribution in [1.29, 1.82) is 0 Å². The van der Waals surface area contributed by atoms with E-state index < -0.39 is 0 Å². The van der Waals surface area contributed by atoms with E-state index in [0.717, 1.165) is 25.2 Å². The third-order valence-electron chi connectivity index (χ3n) is 4.21. The molecule has 0 atom stereocenters. The Morgan fingerprint density at radius 3 is 2.32 bits per heavy atom. The molecule has 0 aliphatic carbocycles. The lowest BCUT2D eigenvalue weighted by atomic mass is 9.90. The lowest BCUT2D eigenvalue weighted by Gasteiger charge is -2.17. The molecule has 0 unspecified atom stereocenters. The lowest BCUT2D eigenvalue weighted by molar-refractivity contribution is 0.309. The van der Waals surface area contributed by atoms with E-state index in [1.165, 1.54) is 33.4 Å². The second-order valence-corrected chi connectivity index (χ2v) is 5.93. The number of hydrogen-bond acceptors (Lipinski definition) is 2. The summed E-state index contributed by atoms with van der Waals surface area (Å²) in [6.45, 7) is 10.0. The van der Waals surface area contributed by atoms with E-state index in [0.29, 0.717) is 6.54 Å². The number of unbranched alkanes of at least 4 members (excludes halogenated alkanes) is 1. The lowest BCUT2D eigenvalue weighted by Crippen LogP contribution is -2.02. The van der Waals surface area contributed by atoms with Crippen molar-refractivity contribution in [2.45, 2.75) is 47.1 Å². The van der Waals surface area contributed by atoms with Gasteiger partial charge in [0.1, 0.15) is 5.75 Å². The van der Waals surface area contributed by atoms with Crippen molar-refractivity contribution in [3.8, 4) is 16.9 Å². The largest absolute Gasteiger partial charge is 0.494 e.